The lowest BCUT2D eigenvalue weighted by molar-refractivity contribution is -0.116. The molecule has 0 saturated heterocycles. The molecule has 0 spiro atoms. The van der Waals surface area contributed by atoms with Crippen molar-refractivity contribution in [2.24, 2.45) is 5.92 Å². The molecule has 4 aromatic rings. The number of carbonyl (C=O) groups excluding carboxylic acids is 1. The number of nitrogens with zero attached hydrogens (tertiary/aromatic N) is 3. The van der Waals surface area contributed by atoms with Crippen LogP contribution in [0, 0.1) is 5.92 Å². The second-order valence-electron chi connectivity index (χ2n) is 6.40. The normalized spacial score (nSPS) is 12.7. The lowest BCUT2D eigenvalue weighted by Crippen LogP contribution is -2.29. The number of aromatic nitrogens is 4. The van der Waals surface area contributed by atoms with E-state index in [0.29, 0.717) is 5.78 Å². The number of hydrogen-bond acceptors (Lipinski definition) is 4. The SMILES string of the molecule is CC(C)[C@@H](Sc1n[nH]c2nc3ccccc3n12)C(=O)Nc1ccccc1. The molecule has 2 aromatic carbocycles. The van der Waals surface area contributed by atoms with Crippen LogP contribution >= 0.6 is 11.8 Å². The number of fused-ring (bicyclic) bond motifs is 3. The standard InChI is InChI=1S/C19H19N5OS/c1-12(2)16(17(25)20-13-8-4-3-5-9-13)26-19-23-22-18-21-14-10-6-7-11-15(14)24(18)19/h3-12,16H,1-2H3,(H,20,25)(H,21,22)/t16-/m1/s1. The Morgan fingerprint density at radius 2 is 1.85 bits per heavy atom. The second kappa shape index (κ2) is 6.84. The summed E-state index contributed by atoms with van der Waals surface area (Å²) in [6, 6.07) is 17.4. The Hall–Kier alpha value is -2.80. The van der Waals surface area contributed by atoms with Gasteiger partial charge in [-0.15, -0.1) is 5.10 Å². The number of H-pyrrole nitrogens is 1. The molecule has 2 heterocycles. The first-order chi connectivity index (χ1) is 12.6. The first-order valence-corrected chi connectivity index (χ1v) is 9.35. The van der Waals surface area contributed by atoms with Gasteiger partial charge in [-0.2, -0.15) is 0 Å². The Morgan fingerprint density at radius 3 is 2.62 bits per heavy atom. The molecule has 2 aromatic heterocycles. The second-order valence-corrected chi connectivity index (χ2v) is 7.51. The van der Waals surface area contributed by atoms with Gasteiger partial charge < -0.3 is 5.32 Å². The van der Waals surface area contributed by atoms with Gasteiger partial charge in [0.1, 0.15) is 0 Å². The summed E-state index contributed by atoms with van der Waals surface area (Å²) in [5.74, 6) is 0.793. The number of hydrogen-bond donors (Lipinski definition) is 2. The van der Waals surface area contributed by atoms with Crippen LogP contribution in [0.2, 0.25) is 0 Å². The number of carbonyl (C=O) groups is 1. The van der Waals surface area contributed by atoms with Gasteiger partial charge in [-0.05, 0) is 30.2 Å². The minimum Gasteiger partial charge on any atom is -0.325 e. The summed E-state index contributed by atoms with van der Waals surface area (Å²) in [4.78, 5) is 17.4. The van der Waals surface area contributed by atoms with Gasteiger partial charge in [-0.1, -0.05) is 55.9 Å². The van der Waals surface area contributed by atoms with Crippen molar-refractivity contribution in [3.63, 3.8) is 0 Å². The van der Waals surface area contributed by atoms with Gasteiger partial charge in [0, 0.05) is 5.69 Å². The highest BCUT2D eigenvalue weighted by Crippen LogP contribution is 2.30. The predicted octanol–water partition coefficient (Wildman–Crippen LogP) is 3.97. The molecule has 0 bridgehead atoms. The summed E-state index contributed by atoms with van der Waals surface area (Å²) in [6.45, 7) is 4.08. The number of imidazole rings is 1. The molecule has 0 aliphatic rings. The highest BCUT2D eigenvalue weighted by molar-refractivity contribution is 8.00. The van der Waals surface area contributed by atoms with E-state index in [-0.39, 0.29) is 17.1 Å². The first kappa shape index (κ1) is 16.7. The van der Waals surface area contributed by atoms with Crippen LogP contribution in [0.5, 0.6) is 0 Å². The molecule has 2 N–H and O–H groups in total. The van der Waals surface area contributed by atoms with Gasteiger partial charge in [0.2, 0.25) is 11.7 Å². The maximum atomic E-state index is 12.8. The van der Waals surface area contributed by atoms with E-state index >= 15 is 0 Å². The van der Waals surface area contributed by atoms with Crippen molar-refractivity contribution >= 4 is 40.2 Å². The fraction of sp³-hybridized carbons (Fsp3) is 0.211. The maximum absolute atomic E-state index is 12.8. The molecule has 0 unspecified atom stereocenters. The molecule has 1 atom stereocenters. The average molecular weight is 365 g/mol. The third-order valence-electron chi connectivity index (χ3n) is 4.14. The number of rotatable bonds is 5. The molecule has 0 aliphatic carbocycles. The maximum Gasteiger partial charge on any atom is 0.238 e. The van der Waals surface area contributed by atoms with E-state index < -0.39 is 0 Å². The van der Waals surface area contributed by atoms with E-state index in [1.54, 1.807) is 0 Å². The van der Waals surface area contributed by atoms with Crippen molar-refractivity contribution in [3.05, 3.63) is 54.6 Å². The molecular weight excluding hydrogens is 346 g/mol. The van der Waals surface area contributed by atoms with Gasteiger partial charge in [-0.25, -0.2) is 10.1 Å². The molecule has 0 aliphatic heterocycles. The molecule has 0 saturated carbocycles. The zero-order valence-corrected chi connectivity index (χ0v) is 15.3. The zero-order valence-electron chi connectivity index (χ0n) is 14.5. The van der Waals surface area contributed by atoms with Crippen LogP contribution in [0.25, 0.3) is 16.8 Å². The fourth-order valence-corrected chi connectivity index (χ4v) is 3.92. The minimum absolute atomic E-state index is 0.0308. The Bertz CT molecular complexity index is 1050. The topological polar surface area (TPSA) is 75.1 Å². The Labute approximate surface area is 155 Å². The van der Waals surface area contributed by atoms with Gasteiger partial charge in [0.05, 0.1) is 16.3 Å². The van der Waals surface area contributed by atoms with E-state index in [1.807, 2.05) is 72.8 Å². The molecule has 132 valence electrons. The van der Waals surface area contributed by atoms with Crippen LogP contribution in [0.3, 0.4) is 0 Å². The van der Waals surface area contributed by atoms with Crippen molar-refractivity contribution in [2.75, 3.05) is 5.32 Å². The molecule has 26 heavy (non-hydrogen) atoms. The summed E-state index contributed by atoms with van der Waals surface area (Å²) in [6.07, 6.45) is 0. The van der Waals surface area contributed by atoms with Crippen LogP contribution in [-0.4, -0.2) is 30.7 Å². The van der Waals surface area contributed by atoms with Crippen LogP contribution < -0.4 is 5.32 Å². The Kier molecular flexibility index (Phi) is 4.38. The first-order valence-electron chi connectivity index (χ1n) is 8.47. The number of nitrogens with one attached hydrogen (secondary N) is 2. The van der Waals surface area contributed by atoms with Crippen molar-refractivity contribution in [3.8, 4) is 0 Å². The summed E-state index contributed by atoms with van der Waals surface area (Å²) < 4.78 is 1.96. The number of benzene rings is 2. The average Bonchev–Trinajstić information content (AvgIpc) is 3.19. The molecule has 0 radical (unpaired) electrons. The van der Waals surface area contributed by atoms with Crippen LogP contribution in [0.15, 0.2) is 59.8 Å². The lowest BCUT2D eigenvalue weighted by atomic mass is 10.1. The highest BCUT2D eigenvalue weighted by Gasteiger charge is 2.26. The van der Waals surface area contributed by atoms with E-state index in [2.05, 4.69) is 20.5 Å². The quantitative estimate of drug-likeness (QED) is 0.525. The van der Waals surface area contributed by atoms with E-state index in [4.69, 9.17) is 0 Å². The smallest absolute Gasteiger partial charge is 0.238 e. The van der Waals surface area contributed by atoms with Gasteiger partial charge in [0.15, 0.2) is 5.16 Å². The summed E-state index contributed by atoms with van der Waals surface area (Å²) in [5, 5.41) is 10.8. The molecule has 0 fully saturated rings. The summed E-state index contributed by atoms with van der Waals surface area (Å²) in [7, 11) is 0. The number of anilines is 1. The van der Waals surface area contributed by atoms with E-state index in [0.717, 1.165) is 21.9 Å². The molecule has 7 heteroatoms. The monoisotopic (exact) mass is 365 g/mol. The molecule has 4 rings (SSSR count). The molecular formula is C19H19N5OS. The number of thioether (sulfide) groups is 1. The van der Waals surface area contributed by atoms with Crippen LogP contribution in [0.1, 0.15) is 13.8 Å². The third-order valence-corrected chi connectivity index (χ3v) is 5.64. The lowest BCUT2D eigenvalue weighted by Gasteiger charge is -2.18. The fourth-order valence-electron chi connectivity index (χ4n) is 2.86. The van der Waals surface area contributed by atoms with E-state index in [9.17, 15) is 4.79 Å². The van der Waals surface area contributed by atoms with Gasteiger partial charge >= 0.3 is 0 Å². The van der Waals surface area contributed by atoms with Crippen molar-refractivity contribution in [1.29, 1.82) is 0 Å². The van der Waals surface area contributed by atoms with Crippen LogP contribution in [0.4, 0.5) is 5.69 Å². The largest absolute Gasteiger partial charge is 0.325 e. The zero-order chi connectivity index (χ0) is 18.1. The molecule has 1 amide bonds. The Balaban J connectivity index is 1.64. The number of para-hydroxylation sites is 3. The van der Waals surface area contributed by atoms with E-state index in [1.165, 1.54) is 11.8 Å². The number of aromatic amines is 1. The predicted molar refractivity (Wildman–Crippen MR) is 104 cm³/mol. The van der Waals surface area contributed by atoms with Crippen molar-refractivity contribution in [2.45, 2.75) is 24.3 Å². The number of amides is 1. The third kappa shape index (κ3) is 3.06. The highest BCUT2D eigenvalue weighted by atomic mass is 32.2. The van der Waals surface area contributed by atoms with Gasteiger partial charge in [-0.3, -0.25) is 9.20 Å². The summed E-state index contributed by atoms with van der Waals surface area (Å²) >= 11 is 1.45. The summed E-state index contributed by atoms with van der Waals surface area (Å²) in [5.41, 5.74) is 2.67. The van der Waals surface area contributed by atoms with Crippen molar-refractivity contribution < 1.29 is 4.79 Å². The van der Waals surface area contributed by atoms with Crippen LogP contribution in [-0.2, 0) is 4.79 Å². The minimum atomic E-state index is -0.275. The van der Waals surface area contributed by atoms with Crippen molar-refractivity contribution in [1.82, 2.24) is 19.6 Å². The Morgan fingerprint density at radius 1 is 1.12 bits per heavy atom. The van der Waals surface area contributed by atoms with Gasteiger partial charge in [0.25, 0.3) is 0 Å². The molecule has 6 nitrogen and oxygen atoms in total.